The first-order valence-electron chi connectivity index (χ1n) is 10.5. The first-order valence-corrected chi connectivity index (χ1v) is 10.5. The van der Waals surface area contributed by atoms with Crippen LogP contribution in [0.3, 0.4) is 0 Å². The molecule has 8 heteroatoms. The maximum atomic E-state index is 12.8. The number of hydrogen-bond acceptors (Lipinski definition) is 7. The van der Waals surface area contributed by atoms with E-state index in [0.29, 0.717) is 46.9 Å². The Kier molecular flexibility index (Phi) is 6.26. The van der Waals surface area contributed by atoms with E-state index in [0.717, 1.165) is 11.1 Å². The molecular weight excluding hydrogens is 422 g/mol. The Balaban J connectivity index is 1.61. The molecule has 1 heterocycles. The first-order chi connectivity index (χ1) is 15.9. The third-order valence-electron chi connectivity index (χ3n) is 5.74. The van der Waals surface area contributed by atoms with E-state index in [9.17, 15) is 9.59 Å². The lowest BCUT2D eigenvalue weighted by Crippen LogP contribution is -2.22. The van der Waals surface area contributed by atoms with E-state index in [4.69, 9.17) is 14.2 Å². The number of ether oxygens (including phenoxy) is 3. The Morgan fingerprint density at radius 1 is 1.00 bits per heavy atom. The highest BCUT2D eigenvalue weighted by molar-refractivity contribution is 6.03. The molecule has 0 radical (unpaired) electrons. The molecule has 0 spiro atoms. The molecule has 170 valence electrons. The van der Waals surface area contributed by atoms with Crippen LogP contribution in [0.15, 0.2) is 42.6 Å². The SMILES string of the molecule is COc1cc([C@@H]2CC(=O)c3cnc(NC(=O)c4ccc(C)cc4)nc3C2)cc(OC)c1OC. The summed E-state index contributed by atoms with van der Waals surface area (Å²) in [6.45, 7) is 1.95. The predicted molar refractivity (Wildman–Crippen MR) is 123 cm³/mol. The summed E-state index contributed by atoms with van der Waals surface area (Å²) in [5.41, 5.74) is 3.53. The third-order valence-corrected chi connectivity index (χ3v) is 5.74. The van der Waals surface area contributed by atoms with Crippen LogP contribution < -0.4 is 19.5 Å². The average molecular weight is 447 g/mol. The van der Waals surface area contributed by atoms with Crippen molar-refractivity contribution in [3.63, 3.8) is 0 Å². The van der Waals surface area contributed by atoms with Crippen LogP contribution in [-0.4, -0.2) is 43.0 Å². The summed E-state index contributed by atoms with van der Waals surface area (Å²) in [5, 5.41) is 2.72. The fourth-order valence-electron chi connectivity index (χ4n) is 3.96. The van der Waals surface area contributed by atoms with Crippen molar-refractivity contribution in [3.05, 3.63) is 70.5 Å². The standard InChI is InChI=1S/C25H25N3O5/c1-14-5-7-15(8-6-14)24(30)28-25-26-13-18-19(27-25)9-16(10-20(18)29)17-11-21(31-2)23(33-4)22(12-17)32-3/h5-8,11-13,16H,9-10H2,1-4H3,(H,26,27,28,30)/t16-/m0/s1. The van der Waals surface area contributed by atoms with Crippen molar-refractivity contribution in [3.8, 4) is 17.2 Å². The van der Waals surface area contributed by atoms with Crippen molar-refractivity contribution >= 4 is 17.6 Å². The fraction of sp³-hybridized carbons (Fsp3) is 0.280. The summed E-state index contributed by atoms with van der Waals surface area (Å²) in [7, 11) is 4.65. The number of amides is 1. The van der Waals surface area contributed by atoms with Crippen LogP contribution in [0, 0.1) is 6.92 Å². The zero-order chi connectivity index (χ0) is 23.5. The number of carbonyl (C=O) groups excluding carboxylic acids is 2. The number of aryl methyl sites for hydroxylation is 1. The molecule has 1 amide bonds. The highest BCUT2D eigenvalue weighted by Gasteiger charge is 2.30. The fourth-order valence-corrected chi connectivity index (χ4v) is 3.96. The van der Waals surface area contributed by atoms with Crippen LogP contribution >= 0.6 is 0 Å². The smallest absolute Gasteiger partial charge is 0.258 e. The molecule has 1 aromatic heterocycles. The van der Waals surface area contributed by atoms with Crippen molar-refractivity contribution in [1.82, 2.24) is 9.97 Å². The van der Waals surface area contributed by atoms with Gasteiger partial charge in [0.25, 0.3) is 5.91 Å². The number of fused-ring (bicyclic) bond motifs is 1. The van der Waals surface area contributed by atoms with Crippen molar-refractivity contribution in [1.29, 1.82) is 0 Å². The van der Waals surface area contributed by atoms with E-state index < -0.39 is 0 Å². The Morgan fingerprint density at radius 2 is 1.67 bits per heavy atom. The van der Waals surface area contributed by atoms with Gasteiger partial charge in [0, 0.05) is 18.2 Å². The number of rotatable bonds is 6. The van der Waals surface area contributed by atoms with Gasteiger partial charge in [0.1, 0.15) is 0 Å². The molecule has 33 heavy (non-hydrogen) atoms. The molecule has 4 rings (SSSR count). The van der Waals surface area contributed by atoms with E-state index >= 15 is 0 Å². The van der Waals surface area contributed by atoms with Crippen LogP contribution in [-0.2, 0) is 6.42 Å². The van der Waals surface area contributed by atoms with Gasteiger partial charge in [-0.25, -0.2) is 9.97 Å². The molecule has 8 nitrogen and oxygen atoms in total. The van der Waals surface area contributed by atoms with Gasteiger partial charge in [0.05, 0.1) is 32.6 Å². The van der Waals surface area contributed by atoms with E-state index in [1.54, 1.807) is 33.5 Å². The molecule has 0 fully saturated rings. The topological polar surface area (TPSA) is 99.6 Å². The number of methoxy groups -OCH3 is 3. The predicted octanol–water partition coefficient (Wildman–Crippen LogP) is 3.98. The zero-order valence-electron chi connectivity index (χ0n) is 19.0. The minimum Gasteiger partial charge on any atom is -0.493 e. The Hall–Kier alpha value is -3.94. The van der Waals surface area contributed by atoms with Gasteiger partial charge in [0.2, 0.25) is 11.7 Å². The molecule has 2 aromatic carbocycles. The van der Waals surface area contributed by atoms with Crippen molar-refractivity contribution < 1.29 is 23.8 Å². The summed E-state index contributed by atoms with van der Waals surface area (Å²) in [6.07, 6.45) is 2.31. The number of ketones is 1. The molecule has 0 saturated heterocycles. The highest BCUT2D eigenvalue weighted by Crippen LogP contribution is 2.42. The summed E-state index contributed by atoms with van der Waals surface area (Å²) in [4.78, 5) is 34.1. The van der Waals surface area contributed by atoms with Gasteiger partial charge >= 0.3 is 0 Å². The van der Waals surface area contributed by atoms with Gasteiger partial charge in [-0.15, -0.1) is 0 Å². The summed E-state index contributed by atoms with van der Waals surface area (Å²) < 4.78 is 16.3. The second-order valence-corrected chi connectivity index (χ2v) is 7.86. The average Bonchev–Trinajstić information content (AvgIpc) is 2.83. The van der Waals surface area contributed by atoms with Gasteiger partial charge in [-0.3, -0.25) is 14.9 Å². The van der Waals surface area contributed by atoms with Gasteiger partial charge in [-0.2, -0.15) is 0 Å². The van der Waals surface area contributed by atoms with Gasteiger partial charge in [-0.05, 0) is 49.1 Å². The maximum absolute atomic E-state index is 12.8. The van der Waals surface area contributed by atoms with E-state index in [1.165, 1.54) is 6.20 Å². The maximum Gasteiger partial charge on any atom is 0.258 e. The Bertz CT molecular complexity index is 1180. The number of anilines is 1. The molecular formula is C25H25N3O5. The van der Waals surface area contributed by atoms with Crippen molar-refractivity contribution in [2.75, 3.05) is 26.6 Å². The first kappa shape index (κ1) is 22.3. The number of Topliss-reactive ketones (excluding diaryl/α,β-unsaturated/α-hetero) is 1. The largest absolute Gasteiger partial charge is 0.493 e. The molecule has 1 atom stereocenters. The molecule has 1 aliphatic rings. The quantitative estimate of drug-likeness (QED) is 0.610. The second-order valence-electron chi connectivity index (χ2n) is 7.86. The van der Waals surface area contributed by atoms with Gasteiger partial charge in [0.15, 0.2) is 17.3 Å². The van der Waals surface area contributed by atoms with Crippen LogP contribution in [0.2, 0.25) is 0 Å². The monoisotopic (exact) mass is 447 g/mol. The molecule has 3 aromatic rings. The Morgan fingerprint density at radius 3 is 2.27 bits per heavy atom. The molecule has 0 unspecified atom stereocenters. The Labute approximate surface area is 191 Å². The molecule has 1 aliphatic carbocycles. The minimum absolute atomic E-state index is 0.0496. The number of carbonyl (C=O) groups is 2. The molecule has 0 aliphatic heterocycles. The van der Waals surface area contributed by atoms with E-state index in [1.807, 2.05) is 31.2 Å². The van der Waals surface area contributed by atoms with E-state index in [-0.39, 0.29) is 23.6 Å². The van der Waals surface area contributed by atoms with Crippen molar-refractivity contribution in [2.24, 2.45) is 0 Å². The summed E-state index contributed by atoms with van der Waals surface area (Å²) >= 11 is 0. The lowest BCUT2D eigenvalue weighted by Gasteiger charge is -2.24. The van der Waals surface area contributed by atoms with Crippen molar-refractivity contribution in [2.45, 2.75) is 25.7 Å². The van der Waals surface area contributed by atoms with Gasteiger partial charge < -0.3 is 14.2 Å². The summed E-state index contributed by atoms with van der Waals surface area (Å²) in [6, 6.07) is 10.9. The number of nitrogens with zero attached hydrogens (tertiary/aromatic N) is 2. The number of benzene rings is 2. The van der Waals surface area contributed by atoms with Crippen LogP contribution in [0.5, 0.6) is 17.2 Å². The summed E-state index contributed by atoms with van der Waals surface area (Å²) in [5.74, 6) is 1.23. The second kappa shape index (κ2) is 9.28. The highest BCUT2D eigenvalue weighted by atomic mass is 16.5. The normalized spacial score (nSPS) is 14.9. The number of aromatic nitrogens is 2. The van der Waals surface area contributed by atoms with Crippen LogP contribution in [0.4, 0.5) is 5.95 Å². The van der Waals surface area contributed by atoms with Crippen LogP contribution in [0.1, 0.15) is 49.9 Å². The van der Waals surface area contributed by atoms with Gasteiger partial charge in [-0.1, -0.05) is 17.7 Å². The lowest BCUT2D eigenvalue weighted by atomic mass is 9.82. The zero-order valence-corrected chi connectivity index (χ0v) is 19.0. The molecule has 0 saturated carbocycles. The number of nitrogens with one attached hydrogen (secondary N) is 1. The molecule has 1 N–H and O–H groups in total. The van der Waals surface area contributed by atoms with E-state index in [2.05, 4.69) is 15.3 Å². The number of hydrogen-bond donors (Lipinski definition) is 1. The minimum atomic E-state index is -0.307. The lowest BCUT2D eigenvalue weighted by molar-refractivity contribution is 0.0962. The van der Waals surface area contributed by atoms with Crippen LogP contribution in [0.25, 0.3) is 0 Å². The third kappa shape index (κ3) is 4.50. The molecule has 0 bridgehead atoms.